The van der Waals surface area contributed by atoms with Crippen molar-refractivity contribution in [3.05, 3.63) is 71.0 Å². The molecule has 2 aromatic heterocycles. The van der Waals surface area contributed by atoms with Gasteiger partial charge in [0.25, 0.3) is 11.5 Å². The Morgan fingerprint density at radius 3 is 2.61 bits per heavy atom. The van der Waals surface area contributed by atoms with E-state index in [0.717, 1.165) is 44.5 Å². The van der Waals surface area contributed by atoms with E-state index in [0.29, 0.717) is 17.2 Å². The molecule has 0 atom stereocenters. The molecule has 1 aliphatic rings. The molecule has 7 nitrogen and oxygen atoms in total. The molecule has 0 aliphatic carbocycles. The predicted molar refractivity (Wildman–Crippen MR) is 106 cm³/mol. The molecule has 7 heteroatoms. The lowest BCUT2D eigenvalue weighted by molar-refractivity contribution is 0.0684. The van der Waals surface area contributed by atoms with Gasteiger partial charge < -0.3 is 9.88 Å². The standard InChI is InChI=1S/C21H23N5O2/c27-20-15-22-14-19(24-20)17-2-4-18(5-3-17)21(28)25-11-6-16(7-12-25)8-13-26-10-1-9-23-26/h1-5,9-10,14-16H,6-8,11-13H2,(H,24,27). The summed E-state index contributed by atoms with van der Waals surface area (Å²) >= 11 is 0. The Morgan fingerprint density at radius 1 is 1.14 bits per heavy atom. The smallest absolute Gasteiger partial charge is 0.266 e. The highest BCUT2D eigenvalue weighted by atomic mass is 16.2. The van der Waals surface area contributed by atoms with Crippen molar-refractivity contribution in [3.63, 3.8) is 0 Å². The molecule has 3 aromatic rings. The van der Waals surface area contributed by atoms with Crippen molar-refractivity contribution in [2.75, 3.05) is 13.1 Å². The van der Waals surface area contributed by atoms with Crippen LogP contribution in [0.1, 0.15) is 29.6 Å². The maximum absolute atomic E-state index is 12.8. The van der Waals surface area contributed by atoms with Crippen molar-refractivity contribution in [2.45, 2.75) is 25.8 Å². The lowest BCUT2D eigenvalue weighted by Crippen LogP contribution is -2.38. The third-order valence-electron chi connectivity index (χ3n) is 5.32. The van der Waals surface area contributed by atoms with Crippen LogP contribution in [0.2, 0.25) is 0 Å². The van der Waals surface area contributed by atoms with Gasteiger partial charge in [-0.05, 0) is 48.9 Å². The van der Waals surface area contributed by atoms with Crippen LogP contribution in [-0.2, 0) is 6.54 Å². The first kappa shape index (κ1) is 18.2. The summed E-state index contributed by atoms with van der Waals surface area (Å²) in [5, 5.41) is 4.25. The Kier molecular flexibility index (Phi) is 5.32. The number of rotatable bonds is 5. The maximum Gasteiger partial charge on any atom is 0.266 e. The Morgan fingerprint density at radius 2 is 1.93 bits per heavy atom. The van der Waals surface area contributed by atoms with E-state index in [9.17, 15) is 9.59 Å². The van der Waals surface area contributed by atoms with Gasteiger partial charge in [-0.2, -0.15) is 5.10 Å². The second kappa shape index (κ2) is 8.21. The second-order valence-electron chi connectivity index (χ2n) is 7.18. The SMILES string of the molecule is O=C(c1ccc(-c2cncc(=O)[nH]2)cc1)N1CCC(CCn2cccn2)CC1. The minimum absolute atomic E-state index is 0.0664. The third-order valence-corrected chi connectivity index (χ3v) is 5.32. The van der Waals surface area contributed by atoms with Crippen LogP contribution in [0.4, 0.5) is 0 Å². The van der Waals surface area contributed by atoms with E-state index in [1.165, 1.54) is 6.20 Å². The first-order valence-electron chi connectivity index (χ1n) is 9.60. The normalized spacial score (nSPS) is 14.9. The fraction of sp³-hybridized carbons (Fsp3) is 0.333. The van der Waals surface area contributed by atoms with Crippen molar-refractivity contribution < 1.29 is 4.79 Å². The number of hydrogen-bond donors (Lipinski definition) is 1. The topological polar surface area (TPSA) is 83.9 Å². The number of aromatic amines is 1. The Balaban J connectivity index is 1.33. The number of carbonyl (C=O) groups excluding carboxylic acids is 1. The largest absolute Gasteiger partial charge is 0.339 e. The fourth-order valence-corrected chi connectivity index (χ4v) is 3.67. The molecule has 0 saturated carbocycles. The lowest BCUT2D eigenvalue weighted by Gasteiger charge is -2.32. The van der Waals surface area contributed by atoms with Gasteiger partial charge in [-0.3, -0.25) is 19.3 Å². The number of hydrogen-bond acceptors (Lipinski definition) is 4. The van der Waals surface area contributed by atoms with Gasteiger partial charge in [0.15, 0.2) is 0 Å². The van der Waals surface area contributed by atoms with Crippen LogP contribution in [0.3, 0.4) is 0 Å². The minimum atomic E-state index is -0.243. The number of aromatic nitrogens is 4. The van der Waals surface area contributed by atoms with E-state index < -0.39 is 0 Å². The zero-order valence-corrected chi connectivity index (χ0v) is 15.6. The molecule has 1 amide bonds. The molecule has 0 spiro atoms. The second-order valence-corrected chi connectivity index (χ2v) is 7.18. The summed E-state index contributed by atoms with van der Waals surface area (Å²) < 4.78 is 1.97. The predicted octanol–water partition coefficient (Wildman–Crippen LogP) is 2.58. The Bertz CT molecular complexity index is 971. The highest BCUT2D eigenvalue weighted by Gasteiger charge is 2.23. The zero-order chi connectivity index (χ0) is 19.3. The van der Waals surface area contributed by atoms with Crippen LogP contribution < -0.4 is 5.56 Å². The minimum Gasteiger partial charge on any atom is -0.339 e. The van der Waals surface area contributed by atoms with Crippen molar-refractivity contribution in [1.29, 1.82) is 0 Å². The number of nitrogens with one attached hydrogen (secondary N) is 1. The van der Waals surface area contributed by atoms with Crippen LogP contribution in [0.5, 0.6) is 0 Å². The van der Waals surface area contributed by atoms with Gasteiger partial charge in [-0.15, -0.1) is 0 Å². The van der Waals surface area contributed by atoms with Gasteiger partial charge in [0, 0.05) is 37.6 Å². The summed E-state index contributed by atoms with van der Waals surface area (Å²) in [5.41, 5.74) is 1.90. The first-order chi connectivity index (χ1) is 13.7. The first-order valence-corrected chi connectivity index (χ1v) is 9.60. The van der Waals surface area contributed by atoms with Gasteiger partial charge in [0.1, 0.15) is 0 Å². The summed E-state index contributed by atoms with van der Waals surface area (Å²) in [7, 11) is 0. The highest BCUT2D eigenvalue weighted by molar-refractivity contribution is 5.94. The third kappa shape index (κ3) is 4.19. The number of carbonyl (C=O) groups is 1. The lowest BCUT2D eigenvalue weighted by atomic mass is 9.93. The molecule has 0 radical (unpaired) electrons. The van der Waals surface area contributed by atoms with Crippen LogP contribution in [0.25, 0.3) is 11.3 Å². The molecule has 144 valence electrons. The van der Waals surface area contributed by atoms with Gasteiger partial charge in [-0.1, -0.05) is 12.1 Å². The molecule has 1 fully saturated rings. The molecular weight excluding hydrogens is 354 g/mol. The average Bonchev–Trinajstić information content (AvgIpc) is 3.26. The van der Waals surface area contributed by atoms with Gasteiger partial charge >= 0.3 is 0 Å². The number of piperidine rings is 1. The van der Waals surface area contributed by atoms with Gasteiger partial charge in [0.2, 0.25) is 0 Å². The number of nitrogens with zero attached hydrogens (tertiary/aromatic N) is 4. The van der Waals surface area contributed by atoms with E-state index >= 15 is 0 Å². The Hall–Kier alpha value is -3.22. The van der Waals surface area contributed by atoms with Crippen LogP contribution >= 0.6 is 0 Å². The molecule has 1 saturated heterocycles. The van der Waals surface area contributed by atoms with E-state index in [2.05, 4.69) is 15.1 Å². The summed E-state index contributed by atoms with van der Waals surface area (Å²) in [6, 6.07) is 9.26. The summed E-state index contributed by atoms with van der Waals surface area (Å²) in [5.74, 6) is 0.704. The number of benzene rings is 1. The number of H-pyrrole nitrogens is 1. The summed E-state index contributed by atoms with van der Waals surface area (Å²) in [4.78, 5) is 32.8. The number of aryl methyl sites for hydroxylation is 1. The highest BCUT2D eigenvalue weighted by Crippen LogP contribution is 2.23. The number of likely N-dealkylation sites (tertiary alicyclic amines) is 1. The van der Waals surface area contributed by atoms with Crippen molar-refractivity contribution in [3.8, 4) is 11.3 Å². The van der Waals surface area contributed by atoms with Crippen LogP contribution in [-0.4, -0.2) is 43.6 Å². The quantitative estimate of drug-likeness (QED) is 0.741. The van der Waals surface area contributed by atoms with Crippen molar-refractivity contribution in [1.82, 2.24) is 24.6 Å². The molecule has 1 N–H and O–H groups in total. The molecule has 1 aliphatic heterocycles. The molecule has 4 rings (SSSR count). The summed E-state index contributed by atoms with van der Waals surface area (Å²) in [6.45, 7) is 2.52. The molecular formula is C21H23N5O2. The van der Waals surface area contributed by atoms with E-state index in [1.54, 1.807) is 12.4 Å². The van der Waals surface area contributed by atoms with Crippen LogP contribution in [0.15, 0.2) is 59.9 Å². The van der Waals surface area contributed by atoms with E-state index in [1.807, 2.05) is 46.1 Å². The van der Waals surface area contributed by atoms with Crippen molar-refractivity contribution >= 4 is 5.91 Å². The number of amides is 1. The average molecular weight is 377 g/mol. The summed E-state index contributed by atoms with van der Waals surface area (Å²) in [6.07, 6.45) is 9.79. The van der Waals surface area contributed by atoms with Crippen molar-refractivity contribution in [2.24, 2.45) is 5.92 Å². The fourth-order valence-electron chi connectivity index (χ4n) is 3.67. The molecule has 0 unspecified atom stereocenters. The zero-order valence-electron chi connectivity index (χ0n) is 15.6. The molecule has 0 bridgehead atoms. The maximum atomic E-state index is 12.8. The molecule has 28 heavy (non-hydrogen) atoms. The van der Waals surface area contributed by atoms with E-state index in [4.69, 9.17) is 0 Å². The molecule has 3 heterocycles. The van der Waals surface area contributed by atoms with Crippen LogP contribution in [0, 0.1) is 5.92 Å². The molecule has 1 aromatic carbocycles. The van der Waals surface area contributed by atoms with Gasteiger partial charge in [-0.25, -0.2) is 0 Å². The van der Waals surface area contributed by atoms with Gasteiger partial charge in [0.05, 0.1) is 18.1 Å². The Labute approximate surface area is 163 Å². The van der Waals surface area contributed by atoms with E-state index in [-0.39, 0.29) is 11.5 Å². The monoisotopic (exact) mass is 377 g/mol.